The van der Waals surface area contributed by atoms with Crippen LogP contribution < -0.4 is 5.32 Å². The van der Waals surface area contributed by atoms with E-state index in [9.17, 15) is 9.59 Å². The summed E-state index contributed by atoms with van der Waals surface area (Å²) in [5, 5.41) is 4.40. The van der Waals surface area contributed by atoms with Gasteiger partial charge in [0.15, 0.2) is 0 Å². The zero-order valence-electron chi connectivity index (χ0n) is 17.3. The Kier molecular flexibility index (Phi) is 9.96. The molecule has 1 N–H and O–H groups in total. The lowest BCUT2D eigenvalue weighted by atomic mass is 10.1. The first-order chi connectivity index (χ1) is 14.3. The van der Waals surface area contributed by atoms with Gasteiger partial charge in [0.1, 0.15) is 6.04 Å². The summed E-state index contributed by atoms with van der Waals surface area (Å²) in [5.74, 6) is -0.297. The van der Waals surface area contributed by atoms with Gasteiger partial charge in [0.05, 0.1) is 10.0 Å². The van der Waals surface area contributed by atoms with Gasteiger partial charge in [-0.25, -0.2) is 0 Å². The van der Waals surface area contributed by atoms with E-state index in [1.807, 2.05) is 24.3 Å². The smallest absolute Gasteiger partial charge is 0.242 e. The van der Waals surface area contributed by atoms with E-state index in [-0.39, 0.29) is 24.8 Å². The van der Waals surface area contributed by atoms with Gasteiger partial charge in [0, 0.05) is 24.5 Å². The Balaban J connectivity index is 2.15. The molecule has 2 aromatic rings. The standard InChI is InChI=1S/C23H27Cl3N2O2/c1-3-4-13-27-23(30)16(2)28(15-17-9-11-20(25)21(26)14-17)22(29)12-10-18-7-5-6-8-19(18)24/h5-9,11,14,16H,3-4,10,12-13,15H2,1-2H3,(H,27,30)/t16-/m0/s1. The van der Waals surface area contributed by atoms with E-state index in [0.29, 0.717) is 28.0 Å². The van der Waals surface area contributed by atoms with Crippen LogP contribution in [0.3, 0.4) is 0 Å². The maximum atomic E-state index is 13.1. The van der Waals surface area contributed by atoms with Crippen molar-refractivity contribution in [2.75, 3.05) is 6.54 Å². The number of nitrogens with one attached hydrogen (secondary N) is 1. The highest BCUT2D eigenvalue weighted by Gasteiger charge is 2.26. The molecule has 0 heterocycles. The molecule has 0 radical (unpaired) electrons. The Bertz CT molecular complexity index is 873. The molecule has 7 heteroatoms. The third-order valence-corrected chi connectivity index (χ3v) is 6.01. The number of unbranched alkanes of at least 4 members (excludes halogenated alkanes) is 1. The Hall–Kier alpha value is -1.75. The van der Waals surface area contributed by atoms with Gasteiger partial charge in [-0.3, -0.25) is 9.59 Å². The van der Waals surface area contributed by atoms with Crippen molar-refractivity contribution in [3.63, 3.8) is 0 Å². The van der Waals surface area contributed by atoms with Crippen molar-refractivity contribution >= 4 is 46.6 Å². The van der Waals surface area contributed by atoms with Crippen LogP contribution in [-0.4, -0.2) is 29.3 Å². The first kappa shape index (κ1) is 24.5. The number of aryl methyl sites for hydroxylation is 1. The third-order valence-electron chi connectivity index (χ3n) is 4.90. The van der Waals surface area contributed by atoms with Crippen molar-refractivity contribution in [2.24, 2.45) is 0 Å². The van der Waals surface area contributed by atoms with Crippen molar-refractivity contribution in [1.29, 1.82) is 0 Å². The molecule has 0 bridgehead atoms. The summed E-state index contributed by atoms with van der Waals surface area (Å²) < 4.78 is 0. The molecule has 0 aliphatic rings. The summed E-state index contributed by atoms with van der Waals surface area (Å²) in [6, 6.07) is 12.1. The number of carbonyl (C=O) groups is 2. The predicted octanol–water partition coefficient (Wildman–Crippen LogP) is 5.91. The summed E-state index contributed by atoms with van der Waals surface area (Å²) >= 11 is 18.4. The van der Waals surface area contributed by atoms with Crippen molar-refractivity contribution in [2.45, 2.75) is 52.1 Å². The van der Waals surface area contributed by atoms with E-state index in [4.69, 9.17) is 34.8 Å². The Morgan fingerprint density at radius 3 is 2.43 bits per heavy atom. The average Bonchev–Trinajstić information content (AvgIpc) is 2.73. The molecule has 0 fully saturated rings. The minimum atomic E-state index is -0.616. The fourth-order valence-corrected chi connectivity index (χ4v) is 3.59. The molecule has 2 rings (SSSR count). The summed E-state index contributed by atoms with van der Waals surface area (Å²) in [5.41, 5.74) is 1.71. The highest BCUT2D eigenvalue weighted by Crippen LogP contribution is 2.24. The number of hydrogen-bond donors (Lipinski definition) is 1. The average molecular weight is 470 g/mol. The molecule has 0 aromatic heterocycles. The molecular weight excluding hydrogens is 443 g/mol. The number of nitrogens with zero attached hydrogens (tertiary/aromatic N) is 1. The molecule has 4 nitrogen and oxygen atoms in total. The van der Waals surface area contributed by atoms with Crippen LogP contribution in [0.25, 0.3) is 0 Å². The number of rotatable bonds is 10. The zero-order chi connectivity index (χ0) is 22.1. The lowest BCUT2D eigenvalue weighted by molar-refractivity contribution is -0.140. The van der Waals surface area contributed by atoms with Crippen molar-refractivity contribution in [1.82, 2.24) is 10.2 Å². The quantitative estimate of drug-likeness (QED) is 0.440. The van der Waals surface area contributed by atoms with Crippen LogP contribution in [0.5, 0.6) is 0 Å². The first-order valence-electron chi connectivity index (χ1n) is 10.1. The highest BCUT2D eigenvalue weighted by atomic mass is 35.5. The SMILES string of the molecule is CCCCNC(=O)[C@H](C)N(Cc1ccc(Cl)c(Cl)c1)C(=O)CCc1ccccc1Cl. The molecule has 0 aliphatic heterocycles. The second kappa shape index (κ2) is 12.2. The summed E-state index contributed by atoms with van der Waals surface area (Å²) in [6.07, 6.45) is 2.63. The minimum absolute atomic E-state index is 0.126. The van der Waals surface area contributed by atoms with Crippen molar-refractivity contribution in [3.05, 3.63) is 68.7 Å². The lowest BCUT2D eigenvalue weighted by Gasteiger charge is -2.29. The molecule has 2 aromatic carbocycles. The van der Waals surface area contributed by atoms with Crippen LogP contribution in [-0.2, 0) is 22.6 Å². The summed E-state index contributed by atoms with van der Waals surface area (Å²) in [6.45, 7) is 4.66. The van der Waals surface area contributed by atoms with Gasteiger partial charge in [0.25, 0.3) is 0 Å². The third kappa shape index (κ3) is 7.19. The number of carbonyl (C=O) groups excluding carboxylic acids is 2. The first-order valence-corrected chi connectivity index (χ1v) is 11.2. The van der Waals surface area contributed by atoms with Gasteiger partial charge in [-0.05, 0) is 49.1 Å². The normalized spacial score (nSPS) is 11.8. The minimum Gasteiger partial charge on any atom is -0.354 e. The molecule has 0 aliphatic carbocycles. The Morgan fingerprint density at radius 2 is 1.77 bits per heavy atom. The number of hydrogen-bond acceptors (Lipinski definition) is 2. The van der Waals surface area contributed by atoms with Crippen LogP contribution in [0.15, 0.2) is 42.5 Å². The number of benzene rings is 2. The number of halogens is 3. The zero-order valence-corrected chi connectivity index (χ0v) is 19.5. The lowest BCUT2D eigenvalue weighted by Crippen LogP contribution is -2.47. The van der Waals surface area contributed by atoms with E-state index in [0.717, 1.165) is 24.0 Å². The molecule has 0 saturated carbocycles. The maximum absolute atomic E-state index is 13.1. The van der Waals surface area contributed by atoms with E-state index in [1.165, 1.54) is 0 Å². The van der Waals surface area contributed by atoms with E-state index in [2.05, 4.69) is 12.2 Å². The van der Waals surface area contributed by atoms with E-state index in [1.54, 1.807) is 30.0 Å². The van der Waals surface area contributed by atoms with Gasteiger partial charge in [-0.1, -0.05) is 72.4 Å². The summed E-state index contributed by atoms with van der Waals surface area (Å²) in [4.78, 5) is 27.3. The Morgan fingerprint density at radius 1 is 1.03 bits per heavy atom. The molecule has 0 saturated heterocycles. The molecule has 162 valence electrons. The molecule has 0 spiro atoms. The summed E-state index contributed by atoms with van der Waals surface area (Å²) in [7, 11) is 0. The van der Waals surface area contributed by atoms with Gasteiger partial charge in [-0.15, -0.1) is 0 Å². The topological polar surface area (TPSA) is 49.4 Å². The second-order valence-corrected chi connectivity index (χ2v) is 8.40. The van der Waals surface area contributed by atoms with Crippen LogP contribution in [0.1, 0.15) is 44.2 Å². The fraction of sp³-hybridized carbons (Fsp3) is 0.391. The molecule has 1 atom stereocenters. The van der Waals surface area contributed by atoms with Gasteiger partial charge in [0.2, 0.25) is 11.8 Å². The second-order valence-electron chi connectivity index (χ2n) is 7.18. The van der Waals surface area contributed by atoms with Crippen LogP contribution in [0, 0.1) is 0 Å². The van der Waals surface area contributed by atoms with Gasteiger partial charge < -0.3 is 10.2 Å². The largest absolute Gasteiger partial charge is 0.354 e. The van der Waals surface area contributed by atoms with Crippen LogP contribution >= 0.6 is 34.8 Å². The molecule has 30 heavy (non-hydrogen) atoms. The van der Waals surface area contributed by atoms with E-state index < -0.39 is 6.04 Å². The fourth-order valence-electron chi connectivity index (χ4n) is 3.04. The van der Waals surface area contributed by atoms with E-state index >= 15 is 0 Å². The van der Waals surface area contributed by atoms with Crippen molar-refractivity contribution < 1.29 is 9.59 Å². The van der Waals surface area contributed by atoms with Crippen molar-refractivity contribution in [3.8, 4) is 0 Å². The van der Waals surface area contributed by atoms with Gasteiger partial charge >= 0.3 is 0 Å². The molecule has 0 unspecified atom stereocenters. The number of amides is 2. The van der Waals surface area contributed by atoms with Crippen LogP contribution in [0.2, 0.25) is 15.1 Å². The Labute approximate surface area is 193 Å². The highest BCUT2D eigenvalue weighted by molar-refractivity contribution is 6.42. The van der Waals surface area contributed by atoms with Gasteiger partial charge in [-0.2, -0.15) is 0 Å². The molecular formula is C23H27Cl3N2O2. The monoisotopic (exact) mass is 468 g/mol. The predicted molar refractivity (Wildman–Crippen MR) is 124 cm³/mol. The maximum Gasteiger partial charge on any atom is 0.242 e. The molecule has 2 amide bonds. The van der Waals surface area contributed by atoms with Crippen LogP contribution in [0.4, 0.5) is 0 Å².